The quantitative estimate of drug-likeness (QED) is 0.161. The lowest BCUT2D eigenvalue weighted by atomic mass is 9.32. The maximum Gasteiger partial charge on any atom is 0.243 e. The van der Waals surface area contributed by atoms with Crippen LogP contribution in [-0.2, 0) is 5.41 Å². The second-order valence-electron chi connectivity index (χ2n) is 14.7. The van der Waals surface area contributed by atoms with Gasteiger partial charge in [-0.3, -0.25) is 0 Å². The maximum absolute atomic E-state index is 6.40. The maximum atomic E-state index is 6.40. The summed E-state index contributed by atoms with van der Waals surface area (Å²) in [6, 6.07) is 63.4. The first-order valence-corrected chi connectivity index (χ1v) is 18.2. The standard InChI is InChI=1S/C49H28BNO/c1-5-17-36-30(12-1)31-25-24-29(51-42-22-9-3-14-34(42)46-43(51)26-27-45-47(46)35-15-4-10-23-44(35)52-45)28-39(31)49(36)37-18-6-8-21-41(37)50-40-20-7-2-13-32(40)33-16-11-19-38(49)48(33)50/h1-28H. The number of fused-ring (bicyclic) bond motifs is 19. The van der Waals surface area contributed by atoms with Gasteiger partial charge in [0.05, 0.1) is 16.4 Å². The van der Waals surface area contributed by atoms with Crippen molar-refractivity contribution in [2.24, 2.45) is 0 Å². The van der Waals surface area contributed by atoms with Gasteiger partial charge in [-0.2, -0.15) is 0 Å². The smallest absolute Gasteiger partial charge is 0.243 e. The summed E-state index contributed by atoms with van der Waals surface area (Å²) in [5.74, 6) is 0. The third-order valence-corrected chi connectivity index (χ3v) is 12.5. The van der Waals surface area contributed by atoms with E-state index in [2.05, 4.69) is 174 Å². The van der Waals surface area contributed by atoms with Gasteiger partial charge in [-0.1, -0.05) is 150 Å². The molecule has 1 aliphatic carbocycles. The van der Waals surface area contributed by atoms with E-state index < -0.39 is 5.41 Å². The highest BCUT2D eigenvalue weighted by Gasteiger charge is 2.54. The molecule has 3 heteroatoms. The molecule has 0 saturated carbocycles. The molecule has 10 aromatic rings. The fourth-order valence-corrected chi connectivity index (χ4v) is 10.7. The number of nitrogens with zero attached hydrogens (tertiary/aromatic N) is 1. The fourth-order valence-electron chi connectivity index (χ4n) is 10.7. The van der Waals surface area contributed by atoms with Crippen molar-refractivity contribution in [3.05, 3.63) is 192 Å². The molecule has 4 heterocycles. The third-order valence-electron chi connectivity index (χ3n) is 12.5. The van der Waals surface area contributed by atoms with E-state index >= 15 is 0 Å². The van der Waals surface area contributed by atoms with Crippen LogP contribution in [0.1, 0.15) is 22.3 Å². The van der Waals surface area contributed by atoms with Crippen LogP contribution in [0.15, 0.2) is 174 Å². The van der Waals surface area contributed by atoms with Gasteiger partial charge in [0, 0.05) is 27.2 Å². The number of furan rings is 1. The molecule has 1 spiro atoms. The van der Waals surface area contributed by atoms with Crippen molar-refractivity contribution in [2.75, 3.05) is 0 Å². The molecule has 2 aliphatic heterocycles. The zero-order valence-corrected chi connectivity index (χ0v) is 28.1. The molecule has 13 rings (SSSR count). The van der Waals surface area contributed by atoms with E-state index in [9.17, 15) is 0 Å². The van der Waals surface area contributed by atoms with Crippen LogP contribution in [0.25, 0.3) is 71.7 Å². The Hall–Kier alpha value is -6.58. The molecular weight excluding hydrogens is 629 g/mol. The van der Waals surface area contributed by atoms with Gasteiger partial charge in [0.25, 0.3) is 0 Å². The number of rotatable bonds is 1. The molecule has 0 fully saturated rings. The molecule has 2 aromatic heterocycles. The second kappa shape index (κ2) is 9.40. The molecule has 3 aliphatic rings. The van der Waals surface area contributed by atoms with Crippen LogP contribution >= 0.6 is 0 Å². The molecule has 0 saturated heterocycles. The van der Waals surface area contributed by atoms with E-state index in [0.29, 0.717) is 0 Å². The Balaban J connectivity index is 1.16. The van der Waals surface area contributed by atoms with Crippen LogP contribution in [0.2, 0.25) is 0 Å². The predicted octanol–water partition coefficient (Wildman–Crippen LogP) is 9.86. The Morgan fingerprint density at radius 1 is 0.423 bits per heavy atom. The SMILES string of the molecule is c1ccc2c(c1)B1c3ccccc3C3(c4ccccc4-c4ccc(-n5c6ccccc6c6c7c(ccc65)oc5ccccc57)cc43)c3cccc-2c31. The summed E-state index contributed by atoms with van der Waals surface area (Å²) in [5.41, 5.74) is 20.1. The van der Waals surface area contributed by atoms with Gasteiger partial charge in [0.15, 0.2) is 0 Å². The Labute approximate surface area is 300 Å². The Morgan fingerprint density at radius 3 is 2.04 bits per heavy atom. The largest absolute Gasteiger partial charge is 0.456 e. The van der Waals surface area contributed by atoms with Crippen molar-refractivity contribution in [1.29, 1.82) is 0 Å². The molecule has 1 atom stereocenters. The summed E-state index contributed by atoms with van der Waals surface area (Å²) in [6.07, 6.45) is 0. The lowest BCUT2D eigenvalue weighted by Crippen LogP contribution is -2.59. The summed E-state index contributed by atoms with van der Waals surface area (Å²) in [4.78, 5) is 0. The monoisotopic (exact) mass is 657 g/mol. The number of hydrogen-bond acceptors (Lipinski definition) is 1. The molecule has 238 valence electrons. The molecule has 0 radical (unpaired) electrons. The van der Waals surface area contributed by atoms with Crippen LogP contribution in [0, 0.1) is 0 Å². The van der Waals surface area contributed by atoms with Crippen LogP contribution in [0.4, 0.5) is 0 Å². The van der Waals surface area contributed by atoms with Crippen molar-refractivity contribution in [3.63, 3.8) is 0 Å². The lowest BCUT2D eigenvalue weighted by Gasteiger charge is -2.42. The van der Waals surface area contributed by atoms with Crippen molar-refractivity contribution in [3.8, 4) is 27.9 Å². The Morgan fingerprint density at radius 2 is 1.12 bits per heavy atom. The molecule has 2 nitrogen and oxygen atoms in total. The lowest BCUT2D eigenvalue weighted by molar-refractivity contribution is 0.669. The first kappa shape index (κ1) is 27.2. The van der Waals surface area contributed by atoms with Gasteiger partial charge in [-0.25, -0.2) is 0 Å². The summed E-state index contributed by atoms with van der Waals surface area (Å²) in [7, 11) is 0. The average molecular weight is 658 g/mol. The first-order chi connectivity index (χ1) is 25.8. The van der Waals surface area contributed by atoms with Crippen LogP contribution in [-0.4, -0.2) is 11.3 Å². The van der Waals surface area contributed by atoms with Crippen molar-refractivity contribution < 1.29 is 4.42 Å². The average Bonchev–Trinajstić information content (AvgIpc) is 3.93. The number of para-hydroxylation sites is 2. The first-order valence-electron chi connectivity index (χ1n) is 18.2. The highest BCUT2D eigenvalue weighted by molar-refractivity contribution is 7.00. The normalized spacial score (nSPS) is 16.1. The highest BCUT2D eigenvalue weighted by Crippen LogP contribution is 2.57. The van der Waals surface area contributed by atoms with Crippen molar-refractivity contribution in [1.82, 2.24) is 4.57 Å². The van der Waals surface area contributed by atoms with Gasteiger partial charge < -0.3 is 8.98 Å². The molecule has 0 bridgehead atoms. The molecule has 1 unspecified atom stereocenters. The van der Waals surface area contributed by atoms with Gasteiger partial charge >= 0.3 is 0 Å². The molecule has 52 heavy (non-hydrogen) atoms. The summed E-state index contributed by atoms with van der Waals surface area (Å²) >= 11 is 0. The molecule has 8 aromatic carbocycles. The fraction of sp³-hybridized carbons (Fsp3) is 0.0204. The van der Waals surface area contributed by atoms with E-state index in [-0.39, 0.29) is 6.71 Å². The third kappa shape index (κ3) is 3.04. The van der Waals surface area contributed by atoms with Crippen LogP contribution in [0.5, 0.6) is 0 Å². The summed E-state index contributed by atoms with van der Waals surface area (Å²) < 4.78 is 8.88. The summed E-state index contributed by atoms with van der Waals surface area (Å²) in [6.45, 7) is 0.216. The van der Waals surface area contributed by atoms with Crippen molar-refractivity contribution >= 4 is 66.8 Å². The van der Waals surface area contributed by atoms with Gasteiger partial charge in [0.1, 0.15) is 11.2 Å². The van der Waals surface area contributed by atoms with Gasteiger partial charge in [0.2, 0.25) is 6.71 Å². The zero-order valence-electron chi connectivity index (χ0n) is 28.1. The highest BCUT2D eigenvalue weighted by atomic mass is 16.3. The Kier molecular flexibility index (Phi) is 4.91. The summed E-state index contributed by atoms with van der Waals surface area (Å²) in [5, 5.41) is 4.81. The molecule has 0 N–H and O–H groups in total. The molecular formula is C49H28BNO. The van der Waals surface area contributed by atoms with E-state index in [1.165, 1.54) is 93.8 Å². The van der Waals surface area contributed by atoms with Crippen molar-refractivity contribution in [2.45, 2.75) is 5.41 Å². The van der Waals surface area contributed by atoms with E-state index in [0.717, 1.165) is 16.6 Å². The van der Waals surface area contributed by atoms with E-state index in [1.807, 2.05) is 0 Å². The minimum absolute atomic E-state index is 0.216. The number of benzene rings is 8. The molecule has 0 amide bonds. The van der Waals surface area contributed by atoms with Gasteiger partial charge in [-0.05, 0) is 80.9 Å². The Bertz CT molecular complexity index is 3220. The number of hydrogen-bond donors (Lipinski definition) is 0. The predicted molar refractivity (Wildman–Crippen MR) is 215 cm³/mol. The second-order valence-corrected chi connectivity index (χ2v) is 14.7. The van der Waals surface area contributed by atoms with Crippen LogP contribution in [0.3, 0.4) is 0 Å². The van der Waals surface area contributed by atoms with Gasteiger partial charge in [-0.15, -0.1) is 0 Å². The number of aromatic nitrogens is 1. The minimum Gasteiger partial charge on any atom is -0.456 e. The van der Waals surface area contributed by atoms with E-state index in [1.54, 1.807) is 0 Å². The zero-order chi connectivity index (χ0) is 33.7. The van der Waals surface area contributed by atoms with E-state index in [4.69, 9.17) is 4.42 Å². The minimum atomic E-state index is -0.463. The van der Waals surface area contributed by atoms with Crippen LogP contribution < -0.4 is 16.4 Å². The topological polar surface area (TPSA) is 18.1 Å².